The summed E-state index contributed by atoms with van der Waals surface area (Å²) in [4.78, 5) is 11.7. The Balaban J connectivity index is 2.13. The van der Waals surface area contributed by atoms with Crippen molar-refractivity contribution in [3.8, 4) is 0 Å². The van der Waals surface area contributed by atoms with E-state index in [1.807, 2.05) is 14.0 Å². The zero-order chi connectivity index (χ0) is 14.7. The quantitative estimate of drug-likeness (QED) is 0.874. The molecule has 0 aliphatic heterocycles. The SMILES string of the molecule is CCn1c(SC2CC(C(C)C)CCC2NC)n[nH]c1=O. The Hall–Kier alpha value is -0.750. The number of H-pyrrole nitrogens is 1. The van der Waals surface area contributed by atoms with Crippen LogP contribution in [-0.2, 0) is 6.54 Å². The van der Waals surface area contributed by atoms with Crippen LogP contribution in [0.15, 0.2) is 9.95 Å². The summed E-state index contributed by atoms with van der Waals surface area (Å²) in [5.74, 6) is 1.50. The molecule has 0 aromatic carbocycles. The molecule has 0 radical (unpaired) electrons. The number of aromatic nitrogens is 3. The second kappa shape index (κ2) is 6.80. The maximum Gasteiger partial charge on any atom is 0.343 e. The Morgan fingerprint density at radius 2 is 2.25 bits per heavy atom. The average Bonchev–Trinajstić information content (AvgIpc) is 2.78. The van der Waals surface area contributed by atoms with Crippen molar-refractivity contribution < 1.29 is 0 Å². The summed E-state index contributed by atoms with van der Waals surface area (Å²) in [6.07, 6.45) is 3.69. The molecule has 3 unspecified atom stereocenters. The summed E-state index contributed by atoms with van der Waals surface area (Å²) >= 11 is 1.75. The zero-order valence-corrected chi connectivity index (χ0v) is 13.7. The van der Waals surface area contributed by atoms with Gasteiger partial charge in [0, 0.05) is 17.8 Å². The van der Waals surface area contributed by atoms with Gasteiger partial charge in [0.1, 0.15) is 0 Å². The minimum atomic E-state index is -0.104. The minimum absolute atomic E-state index is 0.104. The molecular formula is C14H26N4OS. The summed E-state index contributed by atoms with van der Waals surface area (Å²) in [7, 11) is 2.03. The third-order valence-electron chi connectivity index (χ3n) is 4.44. The van der Waals surface area contributed by atoms with Crippen molar-refractivity contribution in [1.29, 1.82) is 0 Å². The van der Waals surface area contributed by atoms with Gasteiger partial charge in [-0.05, 0) is 45.1 Å². The fourth-order valence-corrected chi connectivity index (χ4v) is 4.52. The van der Waals surface area contributed by atoms with E-state index in [0.717, 1.165) is 17.0 Å². The van der Waals surface area contributed by atoms with Gasteiger partial charge in [0.2, 0.25) is 0 Å². The van der Waals surface area contributed by atoms with E-state index in [1.165, 1.54) is 19.3 Å². The summed E-state index contributed by atoms with van der Waals surface area (Å²) in [6.45, 7) is 7.27. The third-order valence-corrected chi connectivity index (χ3v) is 5.79. The van der Waals surface area contributed by atoms with Crippen LogP contribution in [0, 0.1) is 11.8 Å². The molecule has 1 aliphatic carbocycles. The zero-order valence-electron chi connectivity index (χ0n) is 12.8. The van der Waals surface area contributed by atoms with Gasteiger partial charge >= 0.3 is 5.69 Å². The first-order valence-corrected chi connectivity index (χ1v) is 8.43. The summed E-state index contributed by atoms with van der Waals surface area (Å²) in [5.41, 5.74) is -0.104. The van der Waals surface area contributed by atoms with Crippen molar-refractivity contribution in [1.82, 2.24) is 20.1 Å². The van der Waals surface area contributed by atoms with Crippen LogP contribution < -0.4 is 11.0 Å². The number of nitrogens with one attached hydrogen (secondary N) is 2. The van der Waals surface area contributed by atoms with Crippen LogP contribution in [0.1, 0.15) is 40.0 Å². The van der Waals surface area contributed by atoms with Crippen molar-refractivity contribution >= 4 is 11.8 Å². The van der Waals surface area contributed by atoms with Crippen molar-refractivity contribution in [2.45, 2.75) is 63.0 Å². The van der Waals surface area contributed by atoms with E-state index in [4.69, 9.17) is 0 Å². The van der Waals surface area contributed by atoms with E-state index in [2.05, 4.69) is 29.4 Å². The molecular weight excluding hydrogens is 272 g/mol. The largest absolute Gasteiger partial charge is 0.343 e. The van der Waals surface area contributed by atoms with Gasteiger partial charge in [0.15, 0.2) is 5.16 Å². The van der Waals surface area contributed by atoms with Crippen LogP contribution in [-0.4, -0.2) is 33.1 Å². The lowest BCUT2D eigenvalue weighted by molar-refractivity contribution is 0.251. The van der Waals surface area contributed by atoms with E-state index in [9.17, 15) is 4.79 Å². The number of hydrogen-bond donors (Lipinski definition) is 2. The average molecular weight is 298 g/mol. The fraction of sp³-hybridized carbons (Fsp3) is 0.857. The lowest BCUT2D eigenvalue weighted by Crippen LogP contribution is -2.41. The predicted molar refractivity (Wildman–Crippen MR) is 83.2 cm³/mol. The normalized spacial score (nSPS) is 27.1. The Bertz CT molecular complexity index is 482. The number of nitrogens with zero attached hydrogens (tertiary/aromatic N) is 2. The number of thioether (sulfide) groups is 1. The standard InChI is InChI=1S/C14H26N4OS/c1-5-18-13(19)16-17-14(18)20-12-8-10(9(2)3)6-7-11(12)15-4/h9-12,15H,5-8H2,1-4H3,(H,16,19). The highest BCUT2D eigenvalue weighted by Crippen LogP contribution is 2.38. The first-order valence-electron chi connectivity index (χ1n) is 7.55. The van der Waals surface area contributed by atoms with Crippen LogP contribution in [0.5, 0.6) is 0 Å². The molecule has 1 aromatic rings. The summed E-state index contributed by atoms with van der Waals surface area (Å²) < 4.78 is 1.72. The molecule has 0 amide bonds. The van der Waals surface area contributed by atoms with E-state index in [-0.39, 0.29) is 5.69 Å². The first-order chi connectivity index (χ1) is 9.56. The third kappa shape index (κ3) is 3.28. The Morgan fingerprint density at radius 3 is 2.85 bits per heavy atom. The topological polar surface area (TPSA) is 62.7 Å². The first kappa shape index (κ1) is 15.6. The number of rotatable bonds is 5. The van der Waals surface area contributed by atoms with Gasteiger partial charge in [-0.25, -0.2) is 9.89 Å². The second-order valence-corrected chi connectivity index (χ2v) is 7.13. The molecule has 6 heteroatoms. The predicted octanol–water partition coefficient (Wildman–Crippen LogP) is 2.10. The molecule has 114 valence electrons. The van der Waals surface area contributed by atoms with Crippen LogP contribution in [0.4, 0.5) is 0 Å². The molecule has 0 bridgehead atoms. The molecule has 1 aliphatic rings. The Kier molecular flexibility index (Phi) is 5.32. The van der Waals surface area contributed by atoms with E-state index >= 15 is 0 Å². The van der Waals surface area contributed by atoms with Gasteiger partial charge in [-0.1, -0.05) is 25.6 Å². The smallest absolute Gasteiger partial charge is 0.316 e. The maximum atomic E-state index is 11.7. The fourth-order valence-electron chi connectivity index (χ4n) is 3.03. The molecule has 1 aromatic heterocycles. The van der Waals surface area contributed by atoms with E-state index in [0.29, 0.717) is 17.8 Å². The van der Waals surface area contributed by atoms with Gasteiger partial charge in [-0.2, -0.15) is 0 Å². The monoisotopic (exact) mass is 298 g/mol. The Morgan fingerprint density at radius 1 is 1.50 bits per heavy atom. The molecule has 3 atom stereocenters. The van der Waals surface area contributed by atoms with Crippen molar-refractivity contribution in [2.75, 3.05) is 7.05 Å². The van der Waals surface area contributed by atoms with Crippen LogP contribution in [0.3, 0.4) is 0 Å². The molecule has 0 saturated heterocycles. The summed E-state index contributed by atoms with van der Waals surface area (Å²) in [6, 6.07) is 0.507. The van der Waals surface area contributed by atoms with E-state index in [1.54, 1.807) is 16.3 Å². The van der Waals surface area contributed by atoms with Gasteiger partial charge < -0.3 is 5.32 Å². The van der Waals surface area contributed by atoms with Crippen LogP contribution >= 0.6 is 11.8 Å². The van der Waals surface area contributed by atoms with Crippen molar-refractivity contribution in [3.63, 3.8) is 0 Å². The van der Waals surface area contributed by atoms with Crippen molar-refractivity contribution in [3.05, 3.63) is 10.5 Å². The minimum Gasteiger partial charge on any atom is -0.316 e. The highest BCUT2D eigenvalue weighted by molar-refractivity contribution is 7.99. The number of aromatic amines is 1. The maximum absolute atomic E-state index is 11.7. The van der Waals surface area contributed by atoms with Crippen LogP contribution in [0.25, 0.3) is 0 Å². The Labute approximate surface area is 124 Å². The highest BCUT2D eigenvalue weighted by Gasteiger charge is 2.32. The lowest BCUT2D eigenvalue weighted by atomic mass is 9.79. The van der Waals surface area contributed by atoms with Crippen molar-refractivity contribution in [2.24, 2.45) is 11.8 Å². The van der Waals surface area contributed by atoms with Gasteiger partial charge in [0.25, 0.3) is 0 Å². The van der Waals surface area contributed by atoms with Gasteiger partial charge in [-0.15, -0.1) is 5.10 Å². The molecule has 1 fully saturated rings. The second-order valence-electron chi connectivity index (χ2n) is 5.92. The molecule has 2 rings (SSSR count). The highest BCUT2D eigenvalue weighted by atomic mass is 32.2. The molecule has 5 nitrogen and oxygen atoms in total. The molecule has 1 saturated carbocycles. The van der Waals surface area contributed by atoms with Crippen LogP contribution in [0.2, 0.25) is 0 Å². The number of hydrogen-bond acceptors (Lipinski definition) is 4. The summed E-state index contributed by atoms with van der Waals surface area (Å²) in [5, 5.41) is 11.5. The molecule has 0 spiro atoms. The molecule has 20 heavy (non-hydrogen) atoms. The molecule has 2 N–H and O–H groups in total. The van der Waals surface area contributed by atoms with Gasteiger partial charge in [0.05, 0.1) is 0 Å². The molecule has 1 heterocycles. The van der Waals surface area contributed by atoms with E-state index < -0.39 is 0 Å². The van der Waals surface area contributed by atoms with Gasteiger partial charge in [-0.3, -0.25) is 4.57 Å². The lowest BCUT2D eigenvalue weighted by Gasteiger charge is -2.37.